The smallest absolute Gasteiger partial charge is 0.124 e. The van der Waals surface area contributed by atoms with Gasteiger partial charge < -0.3 is 10.2 Å². The summed E-state index contributed by atoms with van der Waals surface area (Å²) in [6.45, 7) is 4.46. The van der Waals surface area contributed by atoms with Crippen molar-refractivity contribution in [3.8, 4) is 11.5 Å². The van der Waals surface area contributed by atoms with Crippen LogP contribution in [0.5, 0.6) is 11.5 Å². The summed E-state index contributed by atoms with van der Waals surface area (Å²) >= 11 is 3.77. The molecule has 0 aromatic heterocycles. The zero-order chi connectivity index (χ0) is 11.7. The summed E-state index contributed by atoms with van der Waals surface area (Å²) in [5.41, 5.74) is 0.922. The van der Waals surface area contributed by atoms with Crippen LogP contribution in [0.15, 0.2) is 18.2 Å². The molecule has 2 atom stereocenters. The van der Waals surface area contributed by atoms with Crippen LogP contribution in [0, 0.1) is 0 Å². The van der Waals surface area contributed by atoms with Gasteiger partial charge >= 0.3 is 0 Å². The van der Waals surface area contributed by atoms with Crippen LogP contribution in [-0.4, -0.2) is 20.7 Å². The highest BCUT2D eigenvalue weighted by Crippen LogP contribution is 2.52. The average molecular weight is 256 g/mol. The van der Waals surface area contributed by atoms with Gasteiger partial charge in [-0.1, -0.05) is 13.8 Å². The normalized spacial score (nSPS) is 30.2. The second kappa shape index (κ2) is 4.80. The minimum atomic E-state index is 0.119. The molecule has 1 aliphatic rings. The third kappa shape index (κ3) is 2.61. The van der Waals surface area contributed by atoms with Crippen molar-refractivity contribution in [2.75, 3.05) is 0 Å². The lowest BCUT2D eigenvalue weighted by atomic mass is 10.2. The molecule has 1 fully saturated rings. The molecule has 1 aromatic rings. The average Bonchev–Trinajstić information content (AvgIpc) is 2.15. The van der Waals surface area contributed by atoms with E-state index in [0.29, 0.717) is 10.5 Å². The van der Waals surface area contributed by atoms with Crippen LogP contribution in [-0.2, 0) is 0 Å². The Morgan fingerprint density at radius 2 is 1.75 bits per heavy atom. The molecule has 4 heteroatoms. The van der Waals surface area contributed by atoms with Crippen molar-refractivity contribution in [1.29, 1.82) is 0 Å². The Balaban J connectivity index is 2.23. The number of phenols is 2. The van der Waals surface area contributed by atoms with Gasteiger partial charge in [0.25, 0.3) is 0 Å². The molecule has 1 aliphatic heterocycles. The molecule has 0 bridgehead atoms. The Hall–Kier alpha value is -0.480. The molecule has 1 aromatic carbocycles. The van der Waals surface area contributed by atoms with Crippen LogP contribution in [0.1, 0.15) is 30.4 Å². The molecular weight excluding hydrogens is 240 g/mol. The van der Waals surface area contributed by atoms with Gasteiger partial charge in [-0.3, -0.25) is 0 Å². The fourth-order valence-electron chi connectivity index (χ4n) is 1.91. The summed E-state index contributed by atoms with van der Waals surface area (Å²) in [7, 11) is 0. The van der Waals surface area contributed by atoms with Crippen molar-refractivity contribution >= 4 is 23.5 Å². The minimum absolute atomic E-state index is 0.119. The first-order valence-electron chi connectivity index (χ1n) is 5.39. The second-order valence-electron chi connectivity index (χ2n) is 4.20. The maximum Gasteiger partial charge on any atom is 0.124 e. The highest BCUT2D eigenvalue weighted by atomic mass is 32.2. The molecular formula is C12H16O2S2. The summed E-state index contributed by atoms with van der Waals surface area (Å²) in [6.07, 6.45) is 1.21. The Kier molecular flexibility index (Phi) is 3.60. The van der Waals surface area contributed by atoms with Crippen molar-refractivity contribution in [2.45, 2.75) is 35.4 Å². The Bertz CT molecular complexity index is 371. The number of aromatic hydroxyl groups is 2. The van der Waals surface area contributed by atoms with Crippen LogP contribution in [0.25, 0.3) is 0 Å². The SMILES string of the molecule is CC1CC(C)SC(c2ccc(O)cc2O)S1. The number of benzene rings is 1. The molecule has 0 spiro atoms. The predicted octanol–water partition coefficient (Wildman–Crippen LogP) is 3.74. The van der Waals surface area contributed by atoms with Crippen molar-refractivity contribution in [3.05, 3.63) is 23.8 Å². The van der Waals surface area contributed by atoms with E-state index in [0.717, 1.165) is 5.56 Å². The van der Waals surface area contributed by atoms with E-state index >= 15 is 0 Å². The van der Waals surface area contributed by atoms with Crippen LogP contribution in [0.2, 0.25) is 0 Å². The van der Waals surface area contributed by atoms with E-state index < -0.39 is 0 Å². The molecule has 0 saturated carbocycles. The lowest BCUT2D eigenvalue weighted by Gasteiger charge is -2.31. The van der Waals surface area contributed by atoms with E-state index in [-0.39, 0.29) is 16.1 Å². The number of hydrogen-bond donors (Lipinski definition) is 2. The highest BCUT2D eigenvalue weighted by Gasteiger charge is 2.27. The monoisotopic (exact) mass is 256 g/mol. The summed E-state index contributed by atoms with van der Waals surface area (Å²) in [6, 6.07) is 4.88. The largest absolute Gasteiger partial charge is 0.508 e. The van der Waals surface area contributed by atoms with Gasteiger partial charge in [0.1, 0.15) is 11.5 Å². The van der Waals surface area contributed by atoms with E-state index in [1.54, 1.807) is 6.07 Å². The Morgan fingerprint density at radius 1 is 1.12 bits per heavy atom. The van der Waals surface area contributed by atoms with Gasteiger partial charge in [-0.25, -0.2) is 0 Å². The molecule has 1 saturated heterocycles. The zero-order valence-corrected chi connectivity index (χ0v) is 11.0. The van der Waals surface area contributed by atoms with Crippen LogP contribution in [0.4, 0.5) is 0 Å². The predicted molar refractivity (Wildman–Crippen MR) is 71.2 cm³/mol. The molecule has 0 aliphatic carbocycles. The van der Waals surface area contributed by atoms with Gasteiger partial charge in [0.15, 0.2) is 0 Å². The quantitative estimate of drug-likeness (QED) is 0.803. The minimum Gasteiger partial charge on any atom is -0.508 e. The summed E-state index contributed by atoms with van der Waals surface area (Å²) in [5, 5.41) is 20.3. The third-order valence-corrected chi connectivity index (χ3v) is 5.63. The van der Waals surface area contributed by atoms with E-state index in [4.69, 9.17) is 0 Å². The number of rotatable bonds is 1. The molecule has 2 N–H and O–H groups in total. The summed E-state index contributed by atoms with van der Waals surface area (Å²) < 4.78 is 0.277. The highest BCUT2D eigenvalue weighted by molar-refractivity contribution is 8.17. The number of thioether (sulfide) groups is 2. The Morgan fingerprint density at radius 3 is 2.31 bits per heavy atom. The van der Waals surface area contributed by atoms with Crippen LogP contribution in [0.3, 0.4) is 0 Å². The van der Waals surface area contributed by atoms with Crippen molar-refractivity contribution in [2.24, 2.45) is 0 Å². The van der Waals surface area contributed by atoms with Gasteiger partial charge in [0.05, 0.1) is 4.58 Å². The van der Waals surface area contributed by atoms with Gasteiger partial charge in [-0.15, -0.1) is 23.5 Å². The number of phenolic OH excluding ortho intramolecular Hbond substituents is 2. The molecule has 2 rings (SSSR count). The molecule has 2 unspecified atom stereocenters. The van der Waals surface area contributed by atoms with Gasteiger partial charge in [-0.05, 0) is 18.6 Å². The van der Waals surface area contributed by atoms with E-state index in [1.165, 1.54) is 12.5 Å². The first-order valence-corrected chi connectivity index (χ1v) is 7.27. The van der Waals surface area contributed by atoms with Gasteiger partial charge in [0.2, 0.25) is 0 Å². The lowest BCUT2D eigenvalue weighted by molar-refractivity contribution is 0.447. The Labute approximate surface area is 104 Å². The topological polar surface area (TPSA) is 40.5 Å². The first kappa shape index (κ1) is 12.0. The molecule has 0 amide bonds. The lowest BCUT2D eigenvalue weighted by Crippen LogP contribution is -2.15. The molecule has 1 heterocycles. The fourth-order valence-corrected chi connectivity index (χ4v) is 5.76. The second-order valence-corrected chi connectivity index (χ2v) is 7.60. The summed E-state index contributed by atoms with van der Waals surface area (Å²) in [5.74, 6) is 0.319. The standard InChI is InChI=1S/C12H16O2S2/c1-7-5-8(2)16-12(15-7)10-4-3-9(13)6-11(10)14/h3-4,6-8,12-14H,5H2,1-2H3. The molecule has 2 nitrogen and oxygen atoms in total. The molecule has 16 heavy (non-hydrogen) atoms. The van der Waals surface area contributed by atoms with E-state index in [9.17, 15) is 10.2 Å². The molecule has 0 radical (unpaired) electrons. The van der Waals surface area contributed by atoms with Crippen molar-refractivity contribution in [1.82, 2.24) is 0 Å². The van der Waals surface area contributed by atoms with E-state index in [2.05, 4.69) is 13.8 Å². The summed E-state index contributed by atoms with van der Waals surface area (Å²) in [4.78, 5) is 0. The maximum absolute atomic E-state index is 9.83. The van der Waals surface area contributed by atoms with Crippen molar-refractivity contribution < 1.29 is 10.2 Å². The number of hydrogen-bond acceptors (Lipinski definition) is 4. The maximum atomic E-state index is 9.83. The van der Waals surface area contributed by atoms with Crippen LogP contribution >= 0.6 is 23.5 Å². The molecule has 88 valence electrons. The van der Waals surface area contributed by atoms with Crippen LogP contribution < -0.4 is 0 Å². The fraction of sp³-hybridized carbons (Fsp3) is 0.500. The van der Waals surface area contributed by atoms with Crippen molar-refractivity contribution in [3.63, 3.8) is 0 Å². The first-order chi connectivity index (χ1) is 7.56. The van der Waals surface area contributed by atoms with Gasteiger partial charge in [0, 0.05) is 22.1 Å². The van der Waals surface area contributed by atoms with Gasteiger partial charge in [-0.2, -0.15) is 0 Å². The third-order valence-electron chi connectivity index (χ3n) is 2.64. The van der Waals surface area contributed by atoms with E-state index in [1.807, 2.05) is 29.6 Å². The zero-order valence-electron chi connectivity index (χ0n) is 9.38.